The number of sulfonamides is 1. The summed E-state index contributed by atoms with van der Waals surface area (Å²) in [4.78, 5) is 0. The smallest absolute Gasteiger partial charge is 0.247 e. The first-order chi connectivity index (χ1) is 11.5. The fourth-order valence-electron chi connectivity index (χ4n) is 2.15. The van der Waals surface area contributed by atoms with Crippen LogP contribution in [0.5, 0.6) is 0 Å². The SMILES string of the molecule is Cc1ccc(-c2nnc(CNS(=O)(=O)Cc3ccccc3)o2)cc1. The normalized spacial score (nSPS) is 11.5. The largest absolute Gasteiger partial charge is 0.419 e. The molecule has 0 saturated carbocycles. The van der Waals surface area contributed by atoms with E-state index in [4.69, 9.17) is 4.42 Å². The van der Waals surface area contributed by atoms with Gasteiger partial charge in [0.25, 0.3) is 0 Å². The lowest BCUT2D eigenvalue weighted by Crippen LogP contribution is -2.24. The van der Waals surface area contributed by atoms with Gasteiger partial charge in [0, 0.05) is 5.56 Å². The average Bonchev–Trinajstić information content (AvgIpc) is 3.03. The van der Waals surface area contributed by atoms with Crippen LogP contribution in [0.1, 0.15) is 17.0 Å². The molecule has 6 nitrogen and oxygen atoms in total. The first kappa shape index (κ1) is 16.4. The minimum absolute atomic E-state index is 0.0337. The monoisotopic (exact) mass is 343 g/mol. The summed E-state index contributed by atoms with van der Waals surface area (Å²) in [6.07, 6.45) is 0. The van der Waals surface area contributed by atoms with Gasteiger partial charge >= 0.3 is 0 Å². The van der Waals surface area contributed by atoms with Crippen LogP contribution in [0.2, 0.25) is 0 Å². The number of hydrogen-bond donors (Lipinski definition) is 1. The zero-order valence-electron chi connectivity index (χ0n) is 13.1. The summed E-state index contributed by atoms with van der Waals surface area (Å²) in [7, 11) is -3.47. The van der Waals surface area contributed by atoms with Crippen LogP contribution in [0.25, 0.3) is 11.5 Å². The molecule has 0 aliphatic rings. The molecule has 0 atom stereocenters. The second kappa shape index (κ2) is 6.94. The number of nitrogens with zero attached hydrogens (tertiary/aromatic N) is 2. The van der Waals surface area contributed by atoms with Crippen LogP contribution in [0.15, 0.2) is 59.0 Å². The van der Waals surface area contributed by atoms with Crippen LogP contribution in [-0.2, 0) is 22.3 Å². The van der Waals surface area contributed by atoms with Crippen LogP contribution in [0, 0.1) is 6.92 Å². The van der Waals surface area contributed by atoms with Crippen molar-refractivity contribution in [2.24, 2.45) is 0 Å². The molecule has 0 fully saturated rings. The molecule has 7 heteroatoms. The molecule has 124 valence electrons. The van der Waals surface area contributed by atoms with Crippen molar-refractivity contribution in [1.82, 2.24) is 14.9 Å². The molecule has 0 unspecified atom stereocenters. The Kier molecular flexibility index (Phi) is 4.73. The van der Waals surface area contributed by atoms with Crippen LogP contribution in [0.3, 0.4) is 0 Å². The molecule has 2 aromatic carbocycles. The minimum atomic E-state index is -3.47. The van der Waals surface area contributed by atoms with Crippen molar-refractivity contribution in [2.45, 2.75) is 19.2 Å². The van der Waals surface area contributed by atoms with E-state index in [1.807, 2.05) is 37.3 Å². The maximum atomic E-state index is 12.1. The van der Waals surface area contributed by atoms with Crippen molar-refractivity contribution in [2.75, 3.05) is 0 Å². The highest BCUT2D eigenvalue weighted by Crippen LogP contribution is 2.18. The summed E-state index contributed by atoms with van der Waals surface area (Å²) < 4.78 is 32.2. The molecule has 3 rings (SSSR count). The lowest BCUT2D eigenvalue weighted by molar-refractivity contribution is 0.494. The lowest BCUT2D eigenvalue weighted by atomic mass is 10.1. The van der Waals surface area contributed by atoms with Gasteiger partial charge in [0.15, 0.2) is 0 Å². The summed E-state index contributed by atoms with van der Waals surface area (Å²) in [6, 6.07) is 16.6. The summed E-state index contributed by atoms with van der Waals surface area (Å²) >= 11 is 0. The van der Waals surface area contributed by atoms with Crippen LogP contribution >= 0.6 is 0 Å². The first-order valence-electron chi connectivity index (χ1n) is 7.42. The Morgan fingerprint density at radius 1 is 1.00 bits per heavy atom. The van der Waals surface area contributed by atoms with Gasteiger partial charge in [0.1, 0.15) is 0 Å². The van der Waals surface area contributed by atoms with E-state index < -0.39 is 10.0 Å². The molecular weight excluding hydrogens is 326 g/mol. The summed E-state index contributed by atoms with van der Waals surface area (Å²) in [5.74, 6) is 0.502. The lowest BCUT2D eigenvalue weighted by Gasteiger charge is -2.04. The van der Waals surface area contributed by atoms with Gasteiger partial charge in [-0.3, -0.25) is 0 Å². The second-order valence-corrected chi connectivity index (χ2v) is 7.24. The zero-order valence-corrected chi connectivity index (χ0v) is 14.0. The number of benzene rings is 2. The Balaban J connectivity index is 1.63. The van der Waals surface area contributed by atoms with Gasteiger partial charge < -0.3 is 4.42 Å². The molecule has 0 spiro atoms. The molecule has 0 amide bonds. The molecule has 3 aromatic rings. The highest BCUT2D eigenvalue weighted by Gasteiger charge is 2.14. The predicted octanol–water partition coefficient (Wildman–Crippen LogP) is 2.66. The van der Waals surface area contributed by atoms with Gasteiger partial charge in [-0.05, 0) is 24.6 Å². The molecule has 24 heavy (non-hydrogen) atoms. The fourth-order valence-corrected chi connectivity index (χ4v) is 3.23. The van der Waals surface area contributed by atoms with Crippen molar-refractivity contribution < 1.29 is 12.8 Å². The number of nitrogens with one attached hydrogen (secondary N) is 1. The number of aromatic nitrogens is 2. The molecule has 1 heterocycles. The quantitative estimate of drug-likeness (QED) is 0.744. The van der Waals surface area contributed by atoms with Gasteiger partial charge in [-0.1, -0.05) is 48.0 Å². The maximum absolute atomic E-state index is 12.1. The highest BCUT2D eigenvalue weighted by atomic mass is 32.2. The number of rotatable bonds is 6. The topological polar surface area (TPSA) is 85.1 Å². The van der Waals surface area contributed by atoms with Crippen molar-refractivity contribution in [3.63, 3.8) is 0 Å². The Hall–Kier alpha value is -2.51. The van der Waals surface area contributed by atoms with Crippen molar-refractivity contribution in [1.29, 1.82) is 0 Å². The van der Waals surface area contributed by atoms with E-state index in [9.17, 15) is 8.42 Å². The van der Waals surface area contributed by atoms with Crippen LogP contribution in [-0.4, -0.2) is 18.6 Å². The molecule has 0 aliphatic carbocycles. The third-order valence-corrected chi connectivity index (χ3v) is 4.71. The molecule has 0 saturated heterocycles. The van der Waals surface area contributed by atoms with Crippen LogP contribution in [0.4, 0.5) is 0 Å². The van der Waals surface area contributed by atoms with Gasteiger partial charge in [-0.2, -0.15) is 0 Å². The summed E-state index contributed by atoms with van der Waals surface area (Å²) in [5, 5.41) is 7.83. The van der Waals surface area contributed by atoms with Crippen molar-refractivity contribution in [3.05, 3.63) is 71.6 Å². The highest BCUT2D eigenvalue weighted by molar-refractivity contribution is 7.88. The van der Waals surface area contributed by atoms with E-state index in [0.29, 0.717) is 5.89 Å². The molecule has 0 aliphatic heterocycles. The van der Waals surface area contributed by atoms with E-state index in [2.05, 4.69) is 14.9 Å². The zero-order chi connectivity index (χ0) is 17.0. The molecule has 1 aromatic heterocycles. The summed E-state index contributed by atoms with van der Waals surface area (Å²) in [6.45, 7) is 1.96. The van der Waals surface area contributed by atoms with Crippen LogP contribution < -0.4 is 4.72 Å². The third kappa shape index (κ3) is 4.27. The summed E-state index contributed by atoms with van der Waals surface area (Å²) in [5.41, 5.74) is 2.65. The Morgan fingerprint density at radius 2 is 1.71 bits per heavy atom. The number of aryl methyl sites for hydroxylation is 1. The average molecular weight is 343 g/mol. The Labute approximate surface area is 140 Å². The fraction of sp³-hybridized carbons (Fsp3) is 0.176. The molecule has 1 N–H and O–H groups in total. The predicted molar refractivity (Wildman–Crippen MR) is 90.4 cm³/mol. The first-order valence-corrected chi connectivity index (χ1v) is 9.08. The van der Waals surface area contributed by atoms with E-state index in [1.54, 1.807) is 24.3 Å². The Bertz CT molecular complexity index is 904. The van der Waals surface area contributed by atoms with E-state index in [-0.39, 0.29) is 18.2 Å². The van der Waals surface area contributed by atoms with Gasteiger partial charge in [-0.15, -0.1) is 10.2 Å². The standard InChI is InChI=1S/C17H17N3O3S/c1-13-7-9-15(10-8-13)17-20-19-16(23-17)11-18-24(21,22)12-14-5-3-2-4-6-14/h2-10,18H,11-12H2,1H3. The second-order valence-electron chi connectivity index (χ2n) is 5.43. The minimum Gasteiger partial charge on any atom is -0.419 e. The van der Waals surface area contributed by atoms with Gasteiger partial charge in [-0.25, -0.2) is 13.1 Å². The van der Waals surface area contributed by atoms with Crippen molar-refractivity contribution in [3.8, 4) is 11.5 Å². The molecule has 0 radical (unpaired) electrons. The Morgan fingerprint density at radius 3 is 2.42 bits per heavy atom. The van der Waals surface area contributed by atoms with Gasteiger partial charge in [0.2, 0.25) is 21.8 Å². The number of hydrogen-bond acceptors (Lipinski definition) is 5. The van der Waals surface area contributed by atoms with Crippen molar-refractivity contribution >= 4 is 10.0 Å². The molecule has 0 bridgehead atoms. The molecular formula is C17H17N3O3S. The van der Waals surface area contributed by atoms with E-state index in [1.165, 1.54) is 0 Å². The maximum Gasteiger partial charge on any atom is 0.247 e. The van der Waals surface area contributed by atoms with E-state index in [0.717, 1.165) is 16.7 Å². The van der Waals surface area contributed by atoms with Gasteiger partial charge in [0.05, 0.1) is 12.3 Å². The third-order valence-electron chi connectivity index (χ3n) is 3.41. The van der Waals surface area contributed by atoms with E-state index >= 15 is 0 Å².